The lowest BCUT2D eigenvalue weighted by Gasteiger charge is -2.11. The maximum Gasteiger partial charge on any atom is 0.269 e. The fraction of sp³-hybridized carbons (Fsp3) is 0.294. The van der Waals surface area contributed by atoms with E-state index >= 15 is 0 Å². The smallest absolute Gasteiger partial charge is 0.269 e. The number of H-pyrrole nitrogens is 1. The first-order chi connectivity index (χ1) is 12.1. The zero-order valence-electron chi connectivity index (χ0n) is 14.0. The molecular formula is C17H18N4O3S. The average molecular weight is 358 g/mol. The molecule has 1 heterocycles. The minimum Gasteiger partial charge on any atom is -0.492 e. The summed E-state index contributed by atoms with van der Waals surface area (Å²) >= 11 is 1.10. The Kier molecular flexibility index (Phi) is 6.60. The first-order valence-electron chi connectivity index (χ1n) is 7.76. The minimum absolute atomic E-state index is 0.0157. The maximum atomic E-state index is 12.1. The van der Waals surface area contributed by atoms with Gasteiger partial charge >= 0.3 is 0 Å². The fourth-order valence-electron chi connectivity index (χ4n) is 2.11. The Morgan fingerprint density at radius 1 is 1.40 bits per heavy atom. The first kappa shape index (κ1) is 18.5. The van der Waals surface area contributed by atoms with Crippen LogP contribution in [0.1, 0.15) is 25.1 Å². The van der Waals surface area contributed by atoms with E-state index in [0.29, 0.717) is 35.3 Å². The Morgan fingerprint density at radius 3 is 2.84 bits per heavy atom. The molecule has 2 rings (SSSR count). The van der Waals surface area contributed by atoms with Crippen molar-refractivity contribution in [3.05, 3.63) is 45.9 Å². The van der Waals surface area contributed by atoms with Gasteiger partial charge < -0.3 is 15.0 Å². The van der Waals surface area contributed by atoms with Crippen molar-refractivity contribution in [3.8, 4) is 11.8 Å². The zero-order valence-corrected chi connectivity index (χ0v) is 14.8. The van der Waals surface area contributed by atoms with Crippen molar-refractivity contribution < 1.29 is 9.53 Å². The average Bonchev–Trinajstić information content (AvgIpc) is 2.61. The van der Waals surface area contributed by atoms with Gasteiger partial charge in [0.2, 0.25) is 5.91 Å². The van der Waals surface area contributed by atoms with Gasteiger partial charge in [0.1, 0.15) is 17.4 Å². The van der Waals surface area contributed by atoms with E-state index in [0.717, 1.165) is 11.8 Å². The SMILES string of the molecule is CCOc1ccccc1NC(=O)CSc1nc(CC)c(C#N)c(=O)[nH]1. The second kappa shape index (κ2) is 8.89. The lowest BCUT2D eigenvalue weighted by atomic mass is 10.2. The highest BCUT2D eigenvalue weighted by Gasteiger charge is 2.12. The normalized spacial score (nSPS) is 10.1. The number of aromatic nitrogens is 2. The third-order valence-electron chi connectivity index (χ3n) is 3.22. The van der Waals surface area contributed by atoms with Crippen LogP contribution in [0, 0.1) is 11.3 Å². The number of hydrogen-bond donors (Lipinski definition) is 2. The van der Waals surface area contributed by atoms with Crippen LogP contribution in [0.3, 0.4) is 0 Å². The summed E-state index contributed by atoms with van der Waals surface area (Å²) in [5.41, 5.74) is 0.544. The summed E-state index contributed by atoms with van der Waals surface area (Å²) in [6.07, 6.45) is 0.467. The van der Waals surface area contributed by atoms with Crippen molar-refractivity contribution in [1.29, 1.82) is 5.26 Å². The lowest BCUT2D eigenvalue weighted by Crippen LogP contribution is -2.18. The summed E-state index contributed by atoms with van der Waals surface area (Å²) in [7, 11) is 0. The van der Waals surface area contributed by atoms with Gasteiger partial charge in [0.15, 0.2) is 5.16 Å². The molecule has 8 heteroatoms. The number of carbonyl (C=O) groups is 1. The van der Waals surface area contributed by atoms with Crippen LogP contribution in [0.2, 0.25) is 0 Å². The quantitative estimate of drug-likeness (QED) is 0.581. The highest BCUT2D eigenvalue weighted by atomic mass is 32.2. The molecule has 7 nitrogen and oxygen atoms in total. The van der Waals surface area contributed by atoms with E-state index in [-0.39, 0.29) is 17.2 Å². The van der Waals surface area contributed by atoms with Crippen LogP contribution >= 0.6 is 11.8 Å². The van der Waals surface area contributed by atoms with E-state index < -0.39 is 5.56 Å². The minimum atomic E-state index is -0.487. The molecule has 0 saturated carbocycles. The summed E-state index contributed by atoms with van der Waals surface area (Å²) < 4.78 is 5.46. The summed E-state index contributed by atoms with van der Waals surface area (Å²) in [4.78, 5) is 30.8. The summed E-state index contributed by atoms with van der Waals surface area (Å²) in [5, 5.41) is 12.1. The Balaban J connectivity index is 2.05. The fourth-order valence-corrected chi connectivity index (χ4v) is 2.79. The van der Waals surface area contributed by atoms with Crippen molar-refractivity contribution in [2.45, 2.75) is 25.4 Å². The van der Waals surface area contributed by atoms with Gasteiger partial charge in [-0.05, 0) is 25.5 Å². The summed E-state index contributed by atoms with van der Waals surface area (Å²) in [6, 6.07) is 9.01. The molecule has 2 aromatic rings. The van der Waals surface area contributed by atoms with E-state index in [4.69, 9.17) is 10.00 Å². The standard InChI is InChI=1S/C17H18N4O3S/c1-3-12-11(9-18)16(23)21-17(20-12)25-10-15(22)19-13-7-5-6-8-14(13)24-4-2/h5-8H,3-4,10H2,1-2H3,(H,19,22)(H,20,21,23). The maximum absolute atomic E-state index is 12.1. The van der Waals surface area contributed by atoms with Gasteiger partial charge in [-0.25, -0.2) is 4.98 Å². The largest absolute Gasteiger partial charge is 0.492 e. The third kappa shape index (κ3) is 4.84. The van der Waals surface area contributed by atoms with Gasteiger partial charge in [-0.15, -0.1) is 0 Å². The molecule has 0 fully saturated rings. The van der Waals surface area contributed by atoms with E-state index in [1.54, 1.807) is 18.2 Å². The lowest BCUT2D eigenvalue weighted by molar-refractivity contribution is -0.113. The second-order valence-electron chi connectivity index (χ2n) is 4.92. The number of aryl methyl sites for hydroxylation is 1. The van der Waals surface area contributed by atoms with Gasteiger partial charge in [0, 0.05) is 0 Å². The highest BCUT2D eigenvalue weighted by Crippen LogP contribution is 2.24. The molecule has 2 N–H and O–H groups in total. The number of nitrogens with one attached hydrogen (secondary N) is 2. The van der Waals surface area contributed by atoms with Gasteiger partial charge in [0.25, 0.3) is 5.56 Å². The third-order valence-corrected chi connectivity index (χ3v) is 4.09. The Morgan fingerprint density at radius 2 is 2.16 bits per heavy atom. The molecule has 0 aliphatic heterocycles. The molecule has 25 heavy (non-hydrogen) atoms. The Bertz CT molecular complexity index is 858. The molecule has 1 aromatic carbocycles. The van der Waals surface area contributed by atoms with Crippen LogP contribution in [0.25, 0.3) is 0 Å². The molecule has 0 unspecified atom stereocenters. The number of carbonyl (C=O) groups excluding carboxylic acids is 1. The van der Waals surface area contributed by atoms with Crippen LogP contribution < -0.4 is 15.6 Å². The van der Waals surface area contributed by atoms with Gasteiger partial charge in [-0.2, -0.15) is 5.26 Å². The number of anilines is 1. The number of aromatic amines is 1. The second-order valence-corrected chi connectivity index (χ2v) is 5.89. The summed E-state index contributed by atoms with van der Waals surface area (Å²) in [5.74, 6) is 0.419. The molecule has 0 bridgehead atoms. The van der Waals surface area contributed by atoms with Crippen LogP contribution in [0.15, 0.2) is 34.2 Å². The summed E-state index contributed by atoms with van der Waals surface area (Å²) in [6.45, 7) is 4.18. The van der Waals surface area contributed by atoms with Gasteiger partial charge in [-0.1, -0.05) is 30.8 Å². The molecule has 0 spiro atoms. The van der Waals surface area contributed by atoms with E-state index in [2.05, 4.69) is 15.3 Å². The van der Waals surface area contributed by atoms with Crippen molar-refractivity contribution in [2.75, 3.05) is 17.7 Å². The van der Waals surface area contributed by atoms with Crippen molar-refractivity contribution in [3.63, 3.8) is 0 Å². The molecule has 0 saturated heterocycles. The molecule has 1 amide bonds. The van der Waals surface area contributed by atoms with Gasteiger partial charge in [-0.3, -0.25) is 9.59 Å². The first-order valence-corrected chi connectivity index (χ1v) is 8.75. The number of para-hydroxylation sites is 2. The number of nitrogens with zero attached hydrogens (tertiary/aromatic N) is 2. The number of thioether (sulfide) groups is 1. The number of amides is 1. The predicted octanol–water partition coefficient (Wildman–Crippen LogP) is 2.33. The molecule has 0 radical (unpaired) electrons. The van der Waals surface area contributed by atoms with Crippen LogP contribution in [0.4, 0.5) is 5.69 Å². The van der Waals surface area contributed by atoms with E-state index in [9.17, 15) is 9.59 Å². The Hall–Kier alpha value is -2.79. The zero-order chi connectivity index (χ0) is 18.2. The Labute approximate surface area is 149 Å². The number of hydrogen-bond acceptors (Lipinski definition) is 6. The topological polar surface area (TPSA) is 108 Å². The van der Waals surface area contributed by atoms with E-state index in [1.165, 1.54) is 0 Å². The van der Waals surface area contributed by atoms with Gasteiger partial charge in [0.05, 0.1) is 23.7 Å². The molecule has 1 aromatic heterocycles. The molecular weight excluding hydrogens is 340 g/mol. The molecule has 0 aliphatic carbocycles. The van der Waals surface area contributed by atoms with Crippen molar-refractivity contribution >= 4 is 23.4 Å². The molecule has 0 atom stereocenters. The predicted molar refractivity (Wildman–Crippen MR) is 95.9 cm³/mol. The van der Waals surface area contributed by atoms with Crippen molar-refractivity contribution in [1.82, 2.24) is 9.97 Å². The van der Waals surface area contributed by atoms with E-state index in [1.807, 2.05) is 26.0 Å². The van der Waals surface area contributed by atoms with Crippen molar-refractivity contribution in [2.24, 2.45) is 0 Å². The van der Waals surface area contributed by atoms with Crippen LogP contribution in [0.5, 0.6) is 5.75 Å². The molecule has 0 aliphatic rings. The number of ether oxygens (including phenoxy) is 1. The number of nitriles is 1. The highest BCUT2D eigenvalue weighted by molar-refractivity contribution is 7.99. The monoisotopic (exact) mass is 358 g/mol. The number of rotatable bonds is 7. The number of benzene rings is 1. The molecule has 130 valence electrons. The van der Waals surface area contributed by atoms with Crippen LogP contribution in [-0.4, -0.2) is 28.2 Å². The van der Waals surface area contributed by atoms with Crippen LogP contribution in [-0.2, 0) is 11.2 Å².